The van der Waals surface area contributed by atoms with Gasteiger partial charge in [0.1, 0.15) is 35.6 Å². The third-order valence-corrected chi connectivity index (χ3v) is 5.58. The average molecular weight is 494 g/mol. The van der Waals surface area contributed by atoms with Gasteiger partial charge in [-0.1, -0.05) is 0 Å². The van der Waals surface area contributed by atoms with Gasteiger partial charge in [0.2, 0.25) is 23.2 Å². The second-order valence-electron chi connectivity index (χ2n) is 7.76. The van der Waals surface area contributed by atoms with Crippen LogP contribution >= 0.6 is 0 Å². The number of ether oxygens (including phenoxy) is 3. The molecule has 0 amide bonds. The van der Waals surface area contributed by atoms with Crippen molar-refractivity contribution in [3.8, 4) is 45.8 Å². The summed E-state index contributed by atoms with van der Waals surface area (Å²) in [5.74, 6) is -3.70. The zero-order valence-corrected chi connectivity index (χ0v) is 18.0. The number of benzene rings is 2. The van der Waals surface area contributed by atoms with E-state index in [9.17, 15) is 45.6 Å². The first kappa shape index (κ1) is 24.4. The highest BCUT2D eigenvalue weighted by atomic mass is 16.7. The molecule has 13 heteroatoms. The first-order chi connectivity index (χ1) is 16.6. The summed E-state index contributed by atoms with van der Waals surface area (Å²) >= 11 is 0. The van der Waals surface area contributed by atoms with Gasteiger partial charge in [0.25, 0.3) is 0 Å². The molecule has 1 aliphatic rings. The van der Waals surface area contributed by atoms with E-state index in [1.165, 1.54) is 13.2 Å². The highest BCUT2D eigenvalue weighted by Crippen LogP contribution is 2.44. The molecule has 2 aromatic carbocycles. The molecule has 1 saturated heterocycles. The molecule has 13 nitrogen and oxygen atoms in total. The van der Waals surface area contributed by atoms with Crippen LogP contribution in [0.25, 0.3) is 22.3 Å². The minimum atomic E-state index is -1.82. The predicted octanol–water partition coefficient (Wildman–Crippen LogP) is -0.530. The van der Waals surface area contributed by atoms with Crippen molar-refractivity contribution >= 4 is 11.0 Å². The van der Waals surface area contributed by atoms with Crippen molar-refractivity contribution in [1.29, 1.82) is 0 Å². The molecule has 2 heterocycles. The molecule has 5 atom stereocenters. The van der Waals surface area contributed by atoms with Crippen LogP contribution in [-0.2, 0) is 4.74 Å². The van der Waals surface area contributed by atoms with E-state index in [2.05, 4.69) is 0 Å². The Labute approximate surface area is 195 Å². The summed E-state index contributed by atoms with van der Waals surface area (Å²) < 4.78 is 21.8. The fourth-order valence-electron chi connectivity index (χ4n) is 3.70. The molecule has 0 aliphatic carbocycles. The summed E-state index contributed by atoms with van der Waals surface area (Å²) in [7, 11) is 1.19. The number of rotatable bonds is 5. The minimum absolute atomic E-state index is 0.0297. The van der Waals surface area contributed by atoms with Crippen molar-refractivity contribution in [2.45, 2.75) is 30.7 Å². The van der Waals surface area contributed by atoms with Crippen LogP contribution in [0.5, 0.6) is 34.5 Å². The molecule has 188 valence electrons. The Morgan fingerprint density at radius 2 is 1.66 bits per heavy atom. The van der Waals surface area contributed by atoms with Gasteiger partial charge in [-0.2, -0.15) is 0 Å². The molecule has 8 N–H and O–H groups in total. The molecule has 1 aliphatic heterocycles. The van der Waals surface area contributed by atoms with Gasteiger partial charge in [-0.3, -0.25) is 4.79 Å². The number of hydrogen-bond acceptors (Lipinski definition) is 13. The van der Waals surface area contributed by atoms with Gasteiger partial charge >= 0.3 is 0 Å². The lowest BCUT2D eigenvalue weighted by Gasteiger charge is -2.39. The van der Waals surface area contributed by atoms with Crippen LogP contribution in [0.15, 0.2) is 33.5 Å². The monoisotopic (exact) mass is 494 g/mol. The van der Waals surface area contributed by atoms with Crippen molar-refractivity contribution in [2.24, 2.45) is 0 Å². The molecule has 4 rings (SSSR count). The van der Waals surface area contributed by atoms with Crippen molar-refractivity contribution in [3.63, 3.8) is 0 Å². The molecule has 1 fully saturated rings. The number of phenols is 3. The molecule has 0 unspecified atom stereocenters. The summed E-state index contributed by atoms with van der Waals surface area (Å²) in [6.07, 6.45) is -8.26. The lowest BCUT2D eigenvalue weighted by molar-refractivity contribution is -0.277. The van der Waals surface area contributed by atoms with Crippen molar-refractivity contribution < 1.29 is 59.5 Å². The Bertz CT molecular complexity index is 1320. The quantitative estimate of drug-likeness (QED) is 0.209. The van der Waals surface area contributed by atoms with Crippen LogP contribution < -0.4 is 14.9 Å². The summed E-state index contributed by atoms with van der Waals surface area (Å²) in [6.45, 7) is -0.726. The Hall–Kier alpha value is -3.75. The fraction of sp³-hybridized carbons (Fsp3) is 0.318. The van der Waals surface area contributed by atoms with E-state index in [0.29, 0.717) is 0 Å². The Kier molecular flexibility index (Phi) is 6.36. The molecule has 0 spiro atoms. The van der Waals surface area contributed by atoms with Gasteiger partial charge < -0.3 is 59.5 Å². The zero-order valence-electron chi connectivity index (χ0n) is 18.0. The van der Waals surface area contributed by atoms with Gasteiger partial charge in [0, 0.05) is 11.6 Å². The highest BCUT2D eigenvalue weighted by molar-refractivity contribution is 5.93. The van der Waals surface area contributed by atoms with E-state index in [1.54, 1.807) is 0 Å². The second kappa shape index (κ2) is 9.13. The third-order valence-electron chi connectivity index (χ3n) is 5.58. The Morgan fingerprint density at radius 1 is 0.943 bits per heavy atom. The Balaban J connectivity index is 1.92. The molecule has 0 saturated carbocycles. The molecule has 3 aromatic rings. The van der Waals surface area contributed by atoms with Crippen LogP contribution in [0.3, 0.4) is 0 Å². The number of aliphatic hydroxyl groups excluding tert-OH is 4. The lowest BCUT2D eigenvalue weighted by Crippen LogP contribution is -2.60. The van der Waals surface area contributed by atoms with Crippen molar-refractivity contribution in [1.82, 2.24) is 0 Å². The standard InChI is InChI=1S/C22H22O13/c1-32-11-5-10(26)13-15(28)17(30)19(7-2-3-8(24)9(25)4-7)34-21(13)20(11)35-22-18(31)16(29)14(27)12(6-23)33-22/h2-5,12,14,16,18,22-27,29-31H,6H2,1H3/t12-,14-,16+,18+,22+/m1/s1. The molecule has 35 heavy (non-hydrogen) atoms. The summed E-state index contributed by atoms with van der Waals surface area (Å²) in [5, 5.41) is 79.5. The normalized spacial score (nSPS) is 24.4. The number of aromatic hydroxyl groups is 4. The molecule has 0 radical (unpaired) electrons. The van der Waals surface area contributed by atoms with Crippen LogP contribution in [0.2, 0.25) is 0 Å². The van der Waals surface area contributed by atoms with E-state index in [-0.39, 0.29) is 11.3 Å². The number of hydrogen-bond donors (Lipinski definition) is 8. The number of methoxy groups -OCH3 is 1. The van der Waals surface area contributed by atoms with E-state index in [4.69, 9.17) is 18.6 Å². The smallest absolute Gasteiger partial charge is 0.238 e. The van der Waals surface area contributed by atoms with Crippen molar-refractivity contribution in [3.05, 3.63) is 34.5 Å². The van der Waals surface area contributed by atoms with Crippen molar-refractivity contribution in [2.75, 3.05) is 13.7 Å². The number of phenolic OH excluding ortho intramolecular Hbond substituents is 3. The van der Waals surface area contributed by atoms with Gasteiger partial charge in [0.05, 0.1) is 13.7 Å². The molecule has 1 aromatic heterocycles. The summed E-state index contributed by atoms with van der Waals surface area (Å²) in [5.41, 5.74) is -1.59. The first-order valence-corrected chi connectivity index (χ1v) is 10.2. The molecule has 0 bridgehead atoms. The number of fused-ring (bicyclic) bond motifs is 1. The van der Waals surface area contributed by atoms with E-state index < -0.39 is 88.2 Å². The SMILES string of the molecule is COc1cc(O)c2c(=O)c(O)c(-c3ccc(O)c(O)c3)oc2c1O[C@@H]1O[C@H](CO)[C@@H](O)[C@H](O)[C@@H]1O. The van der Waals surface area contributed by atoms with Gasteiger partial charge in [-0.15, -0.1) is 0 Å². The topological polar surface area (TPSA) is 220 Å². The van der Waals surface area contributed by atoms with E-state index >= 15 is 0 Å². The fourth-order valence-corrected chi connectivity index (χ4v) is 3.70. The second-order valence-corrected chi connectivity index (χ2v) is 7.76. The van der Waals surface area contributed by atoms with Crippen LogP contribution in [-0.4, -0.2) is 85.3 Å². The predicted molar refractivity (Wildman–Crippen MR) is 116 cm³/mol. The van der Waals surface area contributed by atoms with Gasteiger partial charge in [-0.05, 0) is 18.2 Å². The Morgan fingerprint density at radius 3 is 2.29 bits per heavy atom. The largest absolute Gasteiger partial charge is 0.507 e. The number of aliphatic hydroxyl groups is 4. The zero-order chi connectivity index (χ0) is 25.6. The summed E-state index contributed by atoms with van der Waals surface area (Å²) in [6, 6.07) is 4.31. The third kappa shape index (κ3) is 4.05. The van der Waals surface area contributed by atoms with Gasteiger partial charge in [-0.25, -0.2) is 0 Å². The minimum Gasteiger partial charge on any atom is -0.507 e. The maximum atomic E-state index is 12.9. The summed E-state index contributed by atoms with van der Waals surface area (Å²) in [4.78, 5) is 12.9. The maximum Gasteiger partial charge on any atom is 0.238 e. The average Bonchev–Trinajstić information content (AvgIpc) is 2.84. The van der Waals surface area contributed by atoms with Crippen LogP contribution in [0.1, 0.15) is 0 Å². The van der Waals surface area contributed by atoms with Crippen LogP contribution in [0.4, 0.5) is 0 Å². The van der Waals surface area contributed by atoms with E-state index in [0.717, 1.165) is 18.2 Å². The first-order valence-electron chi connectivity index (χ1n) is 10.2. The molecular formula is C22H22O13. The van der Waals surface area contributed by atoms with E-state index in [1.807, 2.05) is 0 Å². The maximum absolute atomic E-state index is 12.9. The highest BCUT2D eigenvalue weighted by Gasteiger charge is 2.45. The van der Waals surface area contributed by atoms with Crippen LogP contribution in [0, 0.1) is 0 Å². The van der Waals surface area contributed by atoms with Gasteiger partial charge in [0.15, 0.2) is 28.6 Å². The molecular weight excluding hydrogens is 472 g/mol. The lowest BCUT2D eigenvalue weighted by atomic mass is 9.99.